The first-order valence-corrected chi connectivity index (χ1v) is 9.89. The summed E-state index contributed by atoms with van der Waals surface area (Å²) in [6, 6.07) is 0. The first-order chi connectivity index (χ1) is 14.7. The Balaban J connectivity index is 2.22. The van der Waals surface area contributed by atoms with Gasteiger partial charge >= 0.3 is 0 Å². The molecular weight excluding hydrogens is 396 g/mol. The summed E-state index contributed by atoms with van der Waals surface area (Å²) in [5, 5.41) is 7.57. The number of hydrogen-bond donors (Lipinski definition) is 1. The second kappa shape index (κ2) is 8.95. The summed E-state index contributed by atoms with van der Waals surface area (Å²) < 4.78 is 2.60. The fraction of sp³-hybridized carbons (Fsp3) is 0.318. The third kappa shape index (κ3) is 4.55. The predicted octanol–water partition coefficient (Wildman–Crippen LogP) is 1.98. The summed E-state index contributed by atoms with van der Waals surface area (Å²) in [6.45, 7) is 9.81. The van der Waals surface area contributed by atoms with Crippen molar-refractivity contribution in [2.75, 3.05) is 11.9 Å². The average Bonchev–Trinajstić information content (AvgIpc) is 2.73. The molecule has 0 bridgehead atoms. The monoisotopic (exact) mass is 422 g/mol. The molecule has 9 heteroatoms. The van der Waals surface area contributed by atoms with Crippen molar-refractivity contribution in [3.63, 3.8) is 0 Å². The standard InChI is InChI=1S/C22H26N6O3/c1-6-16(8-7-14(2)3)28-21(30)18-12-27(15(4)29)10-9-17(18)20(25-28)24-19-11-23-13-26(5)22(19)31/h6-8,11,13H,1,9-10,12H2,2-5H3,(H,24,25)/b16-8+. The molecule has 0 atom stereocenters. The molecule has 0 fully saturated rings. The predicted molar refractivity (Wildman–Crippen MR) is 120 cm³/mol. The van der Waals surface area contributed by atoms with Gasteiger partial charge < -0.3 is 14.8 Å². The molecule has 0 spiro atoms. The van der Waals surface area contributed by atoms with E-state index in [2.05, 4.69) is 22.0 Å². The Kier molecular flexibility index (Phi) is 6.33. The largest absolute Gasteiger partial charge is 0.338 e. The molecule has 0 aromatic carbocycles. The number of aromatic nitrogens is 4. The lowest BCUT2D eigenvalue weighted by molar-refractivity contribution is -0.129. The molecule has 1 amide bonds. The van der Waals surface area contributed by atoms with Crippen molar-refractivity contribution >= 4 is 23.1 Å². The summed E-state index contributed by atoms with van der Waals surface area (Å²) in [4.78, 5) is 43.4. The van der Waals surface area contributed by atoms with Crippen LogP contribution in [0.3, 0.4) is 0 Å². The number of aryl methyl sites for hydroxylation is 1. The van der Waals surface area contributed by atoms with E-state index < -0.39 is 0 Å². The van der Waals surface area contributed by atoms with Gasteiger partial charge in [0.1, 0.15) is 5.69 Å². The minimum absolute atomic E-state index is 0.104. The van der Waals surface area contributed by atoms with Crippen LogP contribution in [0.5, 0.6) is 0 Å². The van der Waals surface area contributed by atoms with Crippen LogP contribution in [0.25, 0.3) is 5.70 Å². The van der Waals surface area contributed by atoms with Gasteiger partial charge in [0.25, 0.3) is 11.1 Å². The number of nitrogens with zero attached hydrogens (tertiary/aromatic N) is 5. The molecule has 1 aliphatic heterocycles. The number of allylic oxidation sites excluding steroid dienone is 5. The summed E-state index contributed by atoms with van der Waals surface area (Å²) in [7, 11) is 1.60. The Morgan fingerprint density at radius 2 is 1.90 bits per heavy atom. The molecule has 31 heavy (non-hydrogen) atoms. The molecule has 0 radical (unpaired) electrons. The van der Waals surface area contributed by atoms with E-state index >= 15 is 0 Å². The fourth-order valence-electron chi connectivity index (χ4n) is 3.29. The van der Waals surface area contributed by atoms with Crippen molar-refractivity contribution in [2.24, 2.45) is 7.05 Å². The highest BCUT2D eigenvalue weighted by atomic mass is 16.2. The zero-order chi connectivity index (χ0) is 22.7. The maximum atomic E-state index is 13.3. The minimum Gasteiger partial charge on any atom is -0.338 e. The molecule has 1 N–H and O–H groups in total. The van der Waals surface area contributed by atoms with Crippen LogP contribution in [0.2, 0.25) is 0 Å². The number of fused-ring (bicyclic) bond motifs is 1. The molecule has 3 rings (SSSR count). The Labute approximate surface area is 180 Å². The van der Waals surface area contributed by atoms with Crippen molar-refractivity contribution < 1.29 is 4.79 Å². The molecule has 2 aromatic rings. The van der Waals surface area contributed by atoms with Gasteiger partial charge in [0, 0.05) is 31.6 Å². The first kappa shape index (κ1) is 21.9. The third-order valence-electron chi connectivity index (χ3n) is 5.02. The molecule has 1 aliphatic rings. The number of nitrogens with one attached hydrogen (secondary N) is 1. The van der Waals surface area contributed by atoms with E-state index in [-0.39, 0.29) is 29.3 Å². The van der Waals surface area contributed by atoms with Gasteiger partial charge in [-0.3, -0.25) is 14.4 Å². The van der Waals surface area contributed by atoms with Crippen molar-refractivity contribution in [2.45, 2.75) is 33.7 Å². The molecule has 0 unspecified atom stereocenters. The van der Waals surface area contributed by atoms with Crippen LogP contribution in [0.15, 0.2) is 52.5 Å². The lowest BCUT2D eigenvalue weighted by Gasteiger charge is -2.29. The number of amides is 1. The fourth-order valence-corrected chi connectivity index (χ4v) is 3.29. The summed E-state index contributed by atoms with van der Waals surface area (Å²) in [5.74, 6) is 0.279. The number of carbonyl (C=O) groups is 1. The average molecular weight is 422 g/mol. The van der Waals surface area contributed by atoms with Crippen LogP contribution in [-0.2, 0) is 24.8 Å². The quantitative estimate of drug-likeness (QED) is 0.740. The number of rotatable bonds is 5. The Hall–Kier alpha value is -3.75. The molecular formula is C22H26N6O3. The molecule has 0 aliphatic carbocycles. The van der Waals surface area contributed by atoms with Crippen molar-refractivity contribution in [1.29, 1.82) is 0 Å². The van der Waals surface area contributed by atoms with Crippen LogP contribution in [0, 0.1) is 0 Å². The molecule has 0 saturated carbocycles. The van der Waals surface area contributed by atoms with Crippen LogP contribution >= 0.6 is 0 Å². The Morgan fingerprint density at radius 1 is 1.16 bits per heavy atom. The van der Waals surface area contributed by atoms with E-state index in [1.807, 2.05) is 19.9 Å². The van der Waals surface area contributed by atoms with Gasteiger partial charge in [-0.2, -0.15) is 4.68 Å². The maximum Gasteiger partial charge on any atom is 0.276 e. The van der Waals surface area contributed by atoms with Gasteiger partial charge in [-0.05, 0) is 32.4 Å². The van der Waals surface area contributed by atoms with Crippen LogP contribution in [0.4, 0.5) is 11.5 Å². The normalized spacial score (nSPS) is 13.4. The van der Waals surface area contributed by atoms with Crippen LogP contribution < -0.4 is 16.4 Å². The van der Waals surface area contributed by atoms with Crippen LogP contribution in [0.1, 0.15) is 31.9 Å². The third-order valence-corrected chi connectivity index (χ3v) is 5.02. The lowest BCUT2D eigenvalue weighted by Crippen LogP contribution is -2.40. The highest BCUT2D eigenvalue weighted by Gasteiger charge is 2.26. The highest BCUT2D eigenvalue weighted by Crippen LogP contribution is 2.24. The molecule has 162 valence electrons. The summed E-state index contributed by atoms with van der Waals surface area (Å²) in [5.41, 5.74) is 2.33. The van der Waals surface area contributed by atoms with Gasteiger partial charge in [0.2, 0.25) is 5.91 Å². The Bertz CT molecular complexity index is 1210. The first-order valence-electron chi connectivity index (χ1n) is 9.89. The van der Waals surface area contributed by atoms with Crippen LogP contribution in [-0.4, -0.2) is 36.7 Å². The molecule has 9 nitrogen and oxygen atoms in total. The van der Waals surface area contributed by atoms with Crippen molar-refractivity contribution in [1.82, 2.24) is 24.2 Å². The van der Waals surface area contributed by atoms with Gasteiger partial charge in [-0.1, -0.05) is 18.2 Å². The highest BCUT2D eigenvalue weighted by molar-refractivity contribution is 5.74. The van der Waals surface area contributed by atoms with Crippen molar-refractivity contribution in [3.8, 4) is 0 Å². The van der Waals surface area contributed by atoms with E-state index in [0.717, 1.165) is 5.57 Å². The van der Waals surface area contributed by atoms with Crippen molar-refractivity contribution in [3.05, 3.63) is 74.7 Å². The zero-order valence-corrected chi connectivity index (χ0v) is 18.2. The Morgan fingerprint density at radius 3 is 2.55 bits per heavy atom. The van der Waals surface area contributed by atoms with E-state index in [0.29, 0.717) is 35.6 Å². The summed E-state index contributed by atoms with van der Waals surface area (Å²) >= 11 is 0. The number of carbonyl (C=O) groups excluding carboxylic acids is 1. The second-order valence-electron chi connectivity index (χ2n) is 7.60. The smallest absolute Gasteiger partial charge is 0.276 e. The number of hydrogen-bond acceptors (Lipinski definition) is 6. The second-order valence-corrected chi connectivity index (χ2v) is 7.60. The molecule has 3 heterocycles. The molecule has 2 aromatic heterocycles. The van der Waals surface area contributed by atoms with Gasteiger partial charge in [-0.15, -0.1) is 5.10 Å². The topological polar surface area (TPSA) is 102 Å². The minimum atomic E-state index is -0.320. The zero-order valence-electron chi connectivity index (χ0n) is 18.2. The lowest BCUT2D eigenvalue weighted by atomic mass is 10.0. The maximum absolute atomic E-state index is 13.3. The van der Waals surface area contributed by atoms with E-state index in [4.69, 9.17) is 0 Å². The van der Waals surface area contributed by atoms with Gasteiger partial charge in [-0.25, -0.2) is 4.98 Å². The van der Waals surface area contributed by atoms with E-state index in [1.54, 1.807) is 24.1 Å². The van der Waals surface area contributed by atoms with E-state index in [9.17, 15) is 14.4 Å². The molecule has 0 saturated heterocycles. The SMILES string of the molecule is C=C/C(=C\C=C(C)C)n1nc(Nc2cncn(C)c2=O)c2c(c1=O)CN(C(C)=O)CC2. The van der Waals surface area contributed by atoms with Gasteiger partial charge in [0.15, 0.2) is 5.82 Å². The number of anilines is 2. The summed E-state index contributed by atoms with van der Waals surface area (Å²) in [6.07, 6.45) is 8.43. The van der Waals surface area contributed by atoms with E-state index in [1.165, 1.54) is 28.7 Å². The van der Waals surface area contributed by atoms with Gasteiger partial charge in [0.05, 0.1) is 24.8 Å².